The van der Waals surface area contributed by atoms with E-state index in [2.05, 4.69) is 40.1 Å². The fourth-order valence-electron chi connectivity index (χ4n) is 8.39. The van der Waals surface area contributed by atoms with Crippen molar-refractivity contribution in [3.63, 3.8) is 0 Å². The van der Waals surface area contributed by atoms with Crippen LogP contribution in [0.4, 0.5) is 20.2 Å². The number of halogens is 2. The molecule has 3 amide bonds. The summed E-state index contributed by atoms with van der Waals surface area (Å²) in [7, 11) is -3.91. The minimum absolute atomic E-state index is 0.0303. The van der Waals surface area contributed by atoms with E-state index in [-0.39, 0.29) is 50.5 Å². The van der Waals surface area contributed by atoms with Gasteiger partial charge in [-0.15, -0.1) is 11.3 Å². The third-order valence-electron chi connectivity index (χ3n) is 12.1. The number of rotatable bonds is 18. The molecule has 5 N–H and O–H groups in total. The molecule has 0 bridgehead atoms. The molecule has 2 saturated heterocycles. The van der Waals surface area contributed by atoms with Gasteiger partial charge in [-0.3, -0.25) is 28.8 Å². The second-order valence-electron chi connectivity index (χ2n) is 18.2. The zero-order valence-corrected chi connectivity index (χ0v) is 40.2. The van der Waals surface area contributed by atoms with Crippen molar-refractivity contribution in [2.75, 3.05) is 67.9 Å². The van der Waals surface area contributed by atoms with Crippen LogP contribution in [-0.2, 0) is 35.7 Å². The van der Waals surface area contributed by atoms with Crippen LogP contribution in [0.5, 0.6) is 0 Å². The van der Waals surface area contributed by atoms with Gasteiger partial charge in [-0.25, -0.2) is 27.2 Å². The number of piperazine rings is 1. The lowest BCUT2D eigenvalue weighted by atomic mass is 9.85. The predicted octanol–water partition coefficient (Wildman–Crippen LogP) is 4.60. The fourth-order valence-corrected chi connectivity index (χ4v) is 10.3. The van der Waals surface area contributed by atoms with Crippen LogP contribution >= 0.6 is 11.3 Å². The molecule has 0 aliphatic carbocycles. The molecule has 2 fully saturated rings. The van der Waals surface area contributed by atoms with Gasteiger partial charge < -0.3 is 35.3 Å². The minimum atomic E-state index is -3.91. The van der Waals surface area contributed by atoms with Crippen molar-refractivity contribution in [2.45, 2.75) is 72.2 Å². The summed E-state index contributed by atoms with van der Waals surface area (Å²) < 4.78 is 63.0. The van der Waals surface area contributed by atoms with E-state index in [0.29, 0.717) is 49.4 Å². The molecule has 364 valence electrons. The van der Waals surface area contributed by atoms with Crippen molar-refractivity contribution >= 4 is 67.3 Å². The van der Waals surface area contributed by atoms with Crippen LogP contribution in [0.3, 0.4) is 0 Å². The molecule has 0 spiro atoms. The number of thiazole rings is 1. The number of carbonyl (C=O) groups excluding carboxylic acids is 4. The van der Waals surface area contributed by atoms with E-state index < -0.39 is 80.0 Å². The Kier molecular flexibility index (Phi) is 15.6. The maximum absolute atomic E-state index is 15.5. The average molecular weight is 978 g/mol. The van der Waals surface area contributed by atoms with Crippen molar-refractivity contribution in [1.82, 2.24) is 35.4 Å². The van der Waals surface area contributed by atoms with Crippen LogP contribution in [0.25, 0.3) is 21.5 Å². The smallest absolute Gasteiger partial charge is 0.246 e. The van der Waals surface area contributed by atoms with E-state index in [4.69, 9.17) is 4.74 Å². The average Bonchev–Trinajstić information content (AvgIpc) is 4.04. The van der Waals surface area contributed by atoms with Gasteiger partial charge in [0.05, 0.1) is 57.7 Å². The molecule has 7 rings (SSSR count). The highest BCUT2D eigenvalue weighted by molar-refractivity contribution is 7.92. The highest BCUT2D eigenvalue weighted by Gasteiger charge is 2.44. The van der Waals surface area contributed by atoms with Crippen LogP contribution in [0.1, 0.15) is 67.7 Å². The number of benzene rings is 2. The highest BCUT2D eigenvalue weighted by Crippen LogP contribution is 2.31. The number of carbonyl (C=O) groups is 4. The zero-order chi connectivity index (χ0) is 48.9. The minimum Gasteiger partial charge on any atom is -0.391 e. The molecule has 2 aromatic carbocycles. The number of β-amino-alcohol motifs (C(OH)–C–C–N with tert-alkyl or cyclic N) is 1. The first-order chi connectivity index (χ1) is 32.3. The number of fused-ring (bicyclic) bond motifs is 1. The van der Waals surface area contributed by atoms with E-state index in [1.807, 2.05) is 52.0 Å². The Labute approximate surface area is 397 Å². The summed E-state index contributed by atoms with van der Waals surface area (Å²) in [4.78, 5) is 72.6. The molecule has 0 radical (unpaired) electrons. The van der Waals surface area contributed by atoms with Gasteiger partial charge >= 0.3 is 0 Å². The van der Waals surface area contributed by atoms with Gasteiger partial charge in [0, 0.05) is 69.4 Å². The standard InChI is InChI=1S/C47H57F2N9O8S2/c1-6-19-68(64,65)55-36-12-11-35(48)39(40(36)49)41(61)34-24-51-44-33(34)20-31(23-50-44)57-15-13-56(14-16-57)17-18-66-26-38(60)54-43(47(3,4)5)46(63)58-25-32(59)21-37(58)45(62)52-22-29-7-9-30(10-8-29)42-28(2)53-27-67-42/h7-12,20,23-24,27,32,37,43,55,59H,6,13-19,21-22,25-26H2,1-5H3,(H,50,51)(H,52,62)(H,54,60)/t32-,37+,43-/m1/s1. The summed E-state index contributed by atoms with van der Waals surface area (Å²) >= 11 is 1.56. The second kappa shape index (κ2) is 21.2. The Hall–Kier alpha value is -5.87. The molecular formula is C47H57F2N9O8S2. The topological polar surface area (TPSA) is 219 Å². The number of pyridine rings is 1. The normalized spacial score (nSPS) is 17.4. The van der Waals surface area contributed by atoms with E-state index in [1.54, 1.807) is 36.0 Å². The number of ether oxygens (including phenoxy) is 1. The number of nitrogens with zero attached hydrogens (tertiary/aromatic N) is 5. The van der Waals surface area contributed by atoms with Crippen molar-refractivity contribution in [3.8, 4) is 10.4 Å². The van der Waals surface area contributed by atoms with Crippen molar-refractivity contribution < 1.29 is 46.2 Å². The first-order valence-corrected chi connectivity index (χ1v) is 25.0. The number of H-pyrrole nitrogens is 1. The van der Waals surface area contributed by atoms with E-state index >= 15 is 4.39 Å². The number of aromatic amines is 1. The van der Waals surface area contributed by atoms with Crippen LogP contribution in [0, 0.1) is 24.0 Å². The van der Waals surface area contributed by atoms with Crippen molar-refractivity contribution in [1.29, 1.82) is 0 Å². The van der Waals surface area contributed by atoms with Gasteiger partial charge in [-0.05, 0) is 48.1 Å². The number of ketones is 1. The molecule has 0 saturated carbocycles. The molecule has 3 aromatic heterocycles. The predicted molar refractivity (Wildman–Crippen MR) is 255 cm³/mol. The van der Waals surface area contributed by atoms with Gasteiger partial charge in [-0.2, -0.15) is 0 Å². The van der Waals surface area contributed by atoms with E-state index in [0.717, 1.165) is 33.8 Å². The Balaban J connectivity index is 0.883. The van der Waals surface area contributed by atoms with Gasteiger partial charge in [0.2, 0.25) is 33.5 Å². The summed E-state index contributed by atoms with van der Waals surface area (Å²) in [6.45, 7) is 12.1. The molecule has 2 aliphatic rings. The van der Waals surface area contributed by atoms with Crippen LogP contribution < -0.4 is 20.3 Å². The number of anilines is 2. The van der Waals surface area contributed by atoms with Gasteiger partial charge in [-0.1, -0.05) is 52.0 Å². The Morgan fingerprint density at radius 1 is 1.04 bits per heavy atom. The maximum Gasteiger partial charge on any atom is 0.246 e. The number of likely N-dealkylation sites (tertiary alicyclic amines) is 1. The molecule has 68 heavy (non-hydrogen) atoms. The number of sulfonamides is 1. The highest BCUT2D eigenvalue weighted by atomic mass is 32.2. The fraction of sp³-hybridized carbons (Fsp3) is 0.447. The molecule has 0 unspecified atom stereocenters. The summed E-state index contributed by atoms with van der Waals surface area (Å²) in [6, 6.07) is 9.39. The van der Waals surface area contributed by atoms with Crippen molar-refractivity contribution in [3.05, 3.63) is 94.4 Å². The number of nitrogens with one attached hydrogen (secondary N) is 4. The third-order valence-corrected chi connectivity index (χ3v) is 14.5. The lowest BCUT2D eigenvalue weighted by Crippen LogP contribution is -2.58. The zero-order valence-electron chi connectivity index (χ0n) is 38.6. The SMILES string of the molecule is CCCS(=O)(=O)Nc1ccc(F)c(C(=O)c2c[nH]c3ncc(N4CCN(CCOCC(=O)N[C@H](C(=O)N5C[C@H](O)C[C@H]5C(=O)NCc5ccc(-c6scnc6C)cc5)C(C)(C)C)CC4)cc23)c1F. The number of aliphatic hydroxyl groups is 1. The number of aryl methyl sites for hydroxylation is 1. The number of hydrogen-bond acceptors (Lipinski definition) is 13. The van der Waals surface area contributed by atoms with E-state index in [1.165, 1.54) is 11.1 Å². The number of aliphatic hydroxyl groups excluding tert-OH is 1. The molecular weight excluding hydrogens is 921 g/mol. The third kappa shape index (κ3) is 11.7. The lowest BCUT2D eigenvalue weighted by molar-refractivity contribution is -0.144. The summed E-state index contributed by atoms with van der Waals surface area (Å²) in [6.07, 6.45) is 2.40. The Bertz CT molecular complexity index is 2750. The van der Waals surface area contributed by atoms with Gasteiger partial charge in [0.25, 0.3) is 0 Å². The molecule has 5 aromatic rings. The molecule has 2 aliphatic heterocycles. The Morgan fingerprint density at radius 2 is 1.78 bits per heavy atom. The van der Waals surface area contributed by atoms with Gasteiger partial charge in [0.15, 0.2) is 5.82 Å². The largest absolute Gasteiger partial charge is 0.391 e. The van der Waals surface area contributed by atoms with Gasteiger partial charge in [0.1, 0.15) is 30.2 Å². The summed E-state index contributed by atoms with van der Waals surface area (Å²) in [5.41, 5.74) is 3.48. The quantitative estimate of drug-likeness (QED) is 0.0601. The second-order valence-corrected chi connectivity index (χ2v) is 20.8. The monoisotopic (exact) mass is 977 g/mol. The molecule has 5 heterocycles. The van der Waals surface area contributed by atoms with Crippen LogP contribution in [0.15, 0.2) is 60.4 Å². The Morgan fingerprint density at radius 3 is 2.46 bits per heavy atom. The van der Waals surface area contributed by atoms with Crippen molar-refractivity contribution in [2.24, 2.45) is 5.41 Å². The van der Waals surface area contributed by atoms with E-state index in [9.17, 15) is 37.1 Å². The number of hydrogen-bond donors (Lipinski definition) is 5. The number of aromatic nitrogens is 3. The lowest BCUT2D eigenvalue weighted by Gasteiger charge is -2.36. The van der Waals surface area contributed by atoms with Crippen LogP contribution in [0.2, 0.25) is 0 Å². The first kappa shape index (κ1) is 50.0. The summed E-state index contributed by atoms with van der Waals surface area (Å²) in [5.74, 6) is -5.07. The first-order valence-electron chi connectivity index (χ1n) is 22.4. The molecule has 21 heteroatoms. The summed E-state index contributed by atoms with van der Waals surface area (Å²) in [5, 5.41) is 16.7. The molecule has 17 nitrogen and oxygen atoms in total. The maximum atomic E-state index is 15.5. The van der Waals surface area contributed by atoms with Crippen LogP contribution in [-0.4, -0.2) is 138 Å². The number of amides is 3. The molecule has 3 atom stereocenters.